The molecule has 68 valence electrons. The fourth-order valence-electron chi connectivity index (χ4n) is 1.15. The summed E-state index contributed by atoms with van der Waals surface area (Å²) < 4.78 is 36.5. The summed E-state index contributed by atoms with van der Waals surface area (Å²) in [6, 6.07) is 1.09. The highest BCUT2D eigenvalue weighted by Gasteiger charge is 2.31. The predicted molar refractivity (Wildman–Crippen MR) is 40.5 cm³/mol. The Morgan fingerprint density at radius 2 is 2.08 bits per heavy atom. The molecule has 0 radical (unpaired) electrons. The second kappa shape index (κ2) is 2.55. The topological polar surface area (TPSA) is 25.2 Å². The number of alkyl halides is 3. The lowest BCUT2D eigenvalue weighted by atomic mass is 10.1. The molecule has 1 aliphatic heterocycles. The van der Waals surface area contributed by atoms with E-state index in [4.69, 9.17) is 0 Å². The minimum absolute atomic E-state index is 0.298. The Bertz CT molecular complexity index is 368. The molecular weight excluding hydrogens is 181 g/mol. The third kappa shape index (κ3) is 1.41. The number of hydrogen-bond acceptors (Lipinski definition) is 2. The quantitative estimate of drug-likeness (QED) is 0.608. The van der Waals surface area contributed by atoms with Gasteiger partial charge < -0.3 is 0 Å². The lowest BCUT2D eigenvalue weighted by molar-refractivity contribution is -0.137. The zero-order valence-corrected chi connectivity index (χ0v) is 6.47. The van der Waals surface area contributed by atoms with Crippen molar-refractivity contribution in [1.29, 1.82) is 0 Å². The van der Waals surface area contributed by atoms with Crippen LogP contribution in [-0.4, -0.2) is 11.2 Å². The summed E-state index contributed by atoms with van der Waals surface area (Å²) in [4.78, 5) is 7.48. The number of rotatable bonds is 0. The van der Waals surface area contributed by atoms with Crippen LogP contribution in [0.25, 0.3) is 0 Å². The monoisotopic (exact) mass is 186 g/mol. The number of nitrogens with zero attached hydrogens (tertiary/aromatic N) is 2. The van der Waals surface area contributed by atoms with Crippen molar-refractivity contribution in [3.63, 3.8) is 0 Å². The number of hydrogen-bond donors (Lipinski definition) is 0. The number of aliphatic imine (C=N–C) groups is 1. The zero-order valence-electron chi connectivity index (χ0n) is 6.47. The lowest BCUT2D eigenvalue weighted by Crippen LogP contribution is -2.07. The molecule has 0 aromatic carbocycles. The van der Waals surface area contributed by atoms with E-state index < -0.39 is 11.7 Å². The van der Waals surface area contributed by atoms with Crippen molar-refractivity contribution in [2.45, 2.75) is 12.7 Å². The largest absolute Gasteiger partial charge is 0.417 e. The maximum atomic E-state index is 12.2. The van der Waals surface area contributed by atoms with Gasteiger partial charge in [-0.3, -0.25) is 9.98 Å². The number of pyridine rings is 1. The van der Waals surface area contributed by atoms with Crippen LogP contribution in [0.3, 0.4) is 0 Å². The van der Waals surface area contributed by atoms with Crippen molar-refractivity contribution in [3.8, 4) is 0 Å². The van der Waals surface area contributed by atoms with Crippen LogP contribution in [-0.2, 0) is 12.7 Å². The minimum Gasteiger partial charge on any atom is -0.286 e. The van der Waals surface area contributed by atoms with Gasteiger partial charge in [0.25, 0.3) is 0 Å². The fraction of sp³-hybridized carbons (Fsp3) is 0.250. The Hall–Kier alpha value is -1.39. The van der Waals surface area contributed by atoms with Crippen molar-refractivity contribution in [1.82, 2.24) is 4.98 Å². The lowest BCUT2D eigenvalue weighted by Gasteiger charge is -2.06. The molecule has 0 amide bonds. The van der Waals surface area contributed by atoms with Crippen molar-refractivity contribution in [2.24, 2.45) is 4.99 Å². The SMILES string of the molecule is FC(F)(F)c1cnc2c(c1)CN=C2. The van der Waals surface area contributed by atoms with Gasteiger partial charge in [0.1, 0.15) is 0 Å². The Kier molecular flexibility index (Phi) is 1.61. The molecule has 2 nitrogen and oxygen atoms in total. The molecule has 0 fully saturated rings. The van der Waals surface area contributed by atoms with Gasteiger partial charge in [0.05, 0.1) is 17.8 Å². The van der Waals surface area contributed by atoms with Crippen LogP contribution < -0.4 is 0 Å². The summed E-state index contributed by atoms with van der Waals surface area (Å²) >= 11 is 0. The molecule has 0 atom stereocenters. The van der Waals surface area contributed by atoms with Gasteiger partial charge in [-0.15, -0.1) is 0 Å². The van der Waals surface area contributed by atoms with Crippen LogP contribution in [0.4, 0.5) is 13.2 Å². The van der Waals surface area contributed by atoms with Gasteiger partial charge in [0.15, 0.2) is 0 Å². The molecule has 0 saturated heterocycles. The van der Waals surface area contributed by atoms with E-state index in [1.54, 1.807) is 0 Å². The molecule has 13 heavy (non-hydrogen) atoms. The van der Waals surface area contributed by atoms with E-state index in [-0.39, 0.29) is 0 Å². The van der Waals surface area contributed by atoms with Crippen LogP contribution in [0.1, 0.15) is 16.8 Å². The number of aromatic nitrogens is 1. The van der Waals surface area contributed by atoms with E-state index in [1.165, 1.54) is 6.21 Å². The van der Waals surface area contributed by atoms with Crippen LogP contribution in [0.15, 0.2) is 17.3 Å². The molecule has 1 aliphatic rings. The Morgan fingerprint density at radius 3 is 2.77 bits per heavy atom. The van der Waals surface area contributed by atoms with Gasteiger partial charge in [-0.1, -0.05) is 0 Å². The molecule has 0 N–H and O–H groups in total. The molecule has 0 aliphatic carbocycles. The number of fused-ring (bicyclic) bond motifs is 1. The molecule has 2 heterocycles. The molecular formula is C8H5F3N2. The molecule has 0 bridgehead atoms. The third-order valence-electron chi connectivity index (χ3n) is 1.80. The summed E-state index contributed by atoms with van der Waals surface area (Å²) in [5.74, 6) is 0. The minimum atomic E-state index is -4.31. The van der Waals surface area contributed by atoms with Crippen LogP contribution in [0.5, 0.6) is 0 Å². The Balaban J connectivity index is 2.45. The van der Waals surface area contributed by atoms with Gasteiger partial charge in [-0.2, -0.15) is 13.2 Å². The maximum Gasteiger partial charge on any atom is 0.417 e. The van der Waals surface area contributed by atoms with Crippen molar-refractivity contribution < 1.29 is 13.2 Å². The van der Waals surface area contributed by atoms with E-state index in [9.17, 15) is 13.2 Å². The average molecular weight is 186 g/mol. The standard InChI is InChI=1S/C8H5F3N2/c9-8(10,11)6-1-5-2-12-4-7(5)13-3-6/h1,3-4H,2H2. The van der Waals surface area contributed by atoms with Gasteiger partial charge in [-0.05, 0) is 6.07 Å². The predicted octanol–water partition coefficient (Wildman–Crippen LogP) is 2.03. The van der Waals surface area contributed by atoms with Crippen molar-refractivity contribution in [3.05, 3.63) is 29.1 Å². The highest BCUT2D eigenvalue weighted by atomic mass is 19.4. The van der Waals surface area contributed by atoms with Crippen LogP contribution in [0, 0.1) is 0 Å². The molecule has 1 aromatic heterocycles. The summed E-state index contributed by atoms with van der Waals surface area (Å²) in [5, 5.41) is 0. The van der Waals surface area contributed by atoms with Crippen LogP contribution in [0.2, 0.25) is 0 Å². The molecule has 1 aromatic rings. The maximum absolute atomic E-state index is 12.2. The molecule has 5 heteroatoms. The van der Waals surface area contributed by atoms with E-state index >= 15 is 0 Å². The zero-order chi connectivity index (χ0) is 9.47. The highest BCUT2D eigenvalue weighted by Crippen LogP contribution is 2.30. The first-order valence-electron chi connectivity index (χ1n) is 3.63. The second-order valence-electron chi connectivity index (χ2n) is 2.74. The van der Waals surface area contributed by atoms with E-state index in [0.29, 0.717) is 17.8 Å². The summed E-state index contributed by atoms with van der Waals surface area (Å²) in [6.07, 6.45) is -2.00. The Labute approximate surface area is 72.1 Å². The fourth-order valence-corrected chi connectivity index (χ4v) is 1.15. The third-order valence-corrected chi connectivity index (χ3v) is 1.80. The Morgan fingerprint density at radius 1 is 1.31 bits per heavy atom. The van der Waals surface area contributed by atoms with Crippen molar-refractivity contribution in [2.75, 3.05) is 0 Å². The molecule has 2 rings (SSSR count). The molecule has 0 unspecified atom stereocenters. The van der Waals surface area contributed by atoms with E-state index in [0.717, 1.165) is 12.3 Å². The van der Waals surface area contributed by atoms with Gasteiger partial charge in [-0.25, -0.2) is 0 Å². The average Bonchev–Trinajstić information content (AvgIpc) is 2.47. The smallest absolute Gasteiger partial charge is 0.286 e. The highest BCUT2D eigenvalue weighted by molar-refractivity contribution is 5.81. The van der Waals surface area contributed by atoms with Crippen molar-refractivity contribution >= 4 is 6.21 Å². The number of halogens is 3. The normalized spacial score (nSPS) is 14.7. The van der Waals surface area contributed by atoms with Gasteiger partial charge in [0.2, 0.25) is 0 Å². The van der Waals surface area contributed by atoms with E-state index in [1.807, 2.05) is 0 Å². The second-order valence-corrected chi connectivity index (χ2v) is 2.74. The summed E-state index contributed by atoms with van der Waals surface area (Å²) in [5.41, 5.74) is 0.361. The summed E-state index contributed by atoms with van der Waals surface area (Å²) in [7, 11) is 0. The van der Waals surface area contributed by atoms with Gasteiger partial charge >= 0.3 is 6.18 Å². The first kappa shape index (κ1) is 8.22. The molecule has 0 saturated carbocycles. The molecule has 0 spiro atoms. The first-order valence-corrected chi connectivity index (χ1v) is 3.63. The first-order chi connectivity index (χ1) is 6.07. The van der Waals surface area contributed by atoms with E-state index in [2.05, 4.69) is 9.98 Å². The van der Waals surface area contributed by atoms with Gasteiger partial charge in [0, 0.05) is 18.0 Å². The summed E-state index contributed by atoms with van der Waals surface area (Å²) in [6.45, 7) is 0.298. The van der Waals surface area contributed by atoms with Crippen LogP contribution >= 0.6 is 0 Å².